The molecule has 2 heterocycles. The number of benzene rings is 1. The van der Waals surface area contributed by atoms with E-state index in [9.17, 15) is 9.59 Å². The first-order chi connectivity index (χ1) is 13.2. The Kier molecular flexibility index (Phi) is 6.37. The third-order valence-corrected chi connectivity index (χ3v) is 4.34. The van der Waals surface area contributed by atoms with Gasteiger partial charge in [0.2, 0.25) is 5.82 Å². The van der Waals surface area contributed by atoms with E-state index in [-0.39, 0.29) is 23.7 Å². The molecule has 0 radical (unpaired) electrons. The van der Waals surface area contributed by atoms with Gasteiger partial charge in [0.25, 0.3) is 11.8 Å². The van der Waals surface area contributed by atoms with Crippen LogP contribution in [0.2, 0.25) is 0 Å². The number of aromatic amines is 1. The van der Waals surface area contributed by atoms with Crippen LogP contribution in [0.4, 0.5) is 0 Å². The highest BCUT2D eigenvalue weighted by Gasteiger charge is 2.26. The fourth-order valence-electron chi connectivity index (χ4n) is 2.91. The van der Waals surface area contributed by atoms with Crippen molar-refractivity contribution in [2.45, 2.75) is 18.9 Å². The summed E-state index contributed by atoms with van der Waals surface area (Å²) < 4.78 is 10.9. The smallest absolute Gasteiger partial charge is 0.291 e. The van der Waals surface area contributed by atoms with Crippen molar-refractivity contribution < 1.29 is 19.1 Å². The fraction of sp³-hybridized carbons (Fsp3) is 0.444. The molecule has 1 saturated heterocycles. The summed E-state index contributed by atoms with van der Waals surface area (Å²) in [7, 11) is 1.59. The van der Waals surface area contributed by atoms with Crippen LogP contribution in [0.1, 0.15) is 33.8 Å². The van der Waals surface area contributed by atoms with E-state index >= 15 is 0 Å². The minimum Gasteiger partial charge on any atom is -0.490 e. The Balaban J connectivity index is 1.51. The average Bonchev–Trinajstić information content (AvgIpc) is 3.23. The SMILES string of the molecule is COCCNC(=O)c1cccc(OC2CCN(C(=O)c3ncn[nH]3)CC2)c1. The highest BCUT2D eigenvalue weighted by molar-refractivity contribution is 5.94. The molecule has 0 atom stereocenters. The number of carbonyl (C=O) groups excluding carboxylic acids is 2. The lowest BCUT2D eigenvalue weighted by molar-refractivity contribution is 0.0584. The molecule has 0 unspecified atom stereocenters. The summed E-state index contributed by atoms with van der Waals surface area (Å²) in [5.41, 5.74) is 0.543. The average molecular weight is 373 g/mol. The van der Waals surface area contributed by atoms with Gasteiger partial charge in [-0.05, 0) is 18.2 Å². The minimum atomic E-state index is -0.162. The zero-order valence-corrected chi connectivity index (χ0v) is 15.2. The predicted octanol–water partition coefficient (Wildman–Crippen LogP) is 0.864. The van der Waals surface area contributed by atoms with Gasteiger partial charge >= 0.3 is 0 Å². The van der Waals surface area contributed by atoms with E-state index in [0.717, 1.165) is 0 Å². The molecule has 9 nitrogen and oxygen atoms in total. The van der Waals surface area contributed by atoms with E-state index in [4.69, 9.17) is 9.47 Å². The maximum Gasteiger partial charge on any atom is 0.291 e. The van der Waals surface area contributed by atoms with Crippen molar-refractivity contribution in [1.29, 1.82) is 0 Å². The first-order valence-electron chi connectivity index (χ1n) is 8.86. The number of rotatable bonds is 7. The molecule has 3 rings (SSSR count). The topological polar surface area (TPSA) is 109 Å². The summed E-state index contributed by atoms with van der Waals surface area (Å²) in [6, 6.07) is 7.10. The van der Waals surface area contributed by atoms with Crippen molar-refractivity contribution in [3.8, 4) is 5.75 Å². The molecule has 0 aliphatic carbocycles. The summed E-state index contributed by atoms with van der Waals surface area (Å²) >= 11 is 0. The van der Waals surface area contributed by atoms with Gasteiger partial charge in [0.15, 0.2) is 0 Å². The second-order valence-corrected chi connectivity index (χ2v) is 6.22. The number of hydrogen-bond donors (Lipinski definition) is 2. The van der Waals surface area contributed by atoms with Crippen molar-refractivity contribution in [2.24, 2.45) is 0 Å². The molecular formula is C18H23N5O4. The molecule has 1 fully saturated rings. The Morgan fingerprint density at radius 1 is 1.33 bits per heavy atom. The van der Waals surface area contributed by atoms with Gasteiger partial charge in [0.05, 0.1) is 6.61 Å². The molecule has 2 amide bonds. The summed E-state index contributed by atoms with van der Waals surface area (Å²) in [5.74, 6) is 0.585. The van der Waals surface area contributed by atoms with E-state index in [1.807, 2.05) is 6.07 Å². The van der Waals surface area contributed by atoms with Gasteiger partial charge in [0, 0.05) is 45.1 Å². The third kappa shape index (κ3) is 5.04. The van der Waals surface area contributed by atoms with Crippen LogP contribution in [0.25, 0.3) is 0 Å². The Bertz CT molecular complexity index is 757. The largest absolute Gasteiger partial charge is 0.490 e. The van der Waals surface area contributed by atoms with E-state index in [2.05, 4.69) is 20.5 Å². The summed E-state index contributed by atoms with van der Waals surface area (Å²) in [5, 5.41) is 9.08. The molecule has 1 aliphatic rings. The Morgan fingerprint density at radius 3 is 2.85 bits per heavy atom. The van der Waals surface area contributed by atoms with Crippen molar-refractivity contribution in [1.82, 2.24) is 25.4 Å². The molecule has 9 heteroatoms. The summed E-state index contributed by atoms with van der Waals surface area (Å²) in [6.07, 6.45) is 2.74. The van der Waals surface area contributed by atoms with Gasteiger partial charge in [-0.2, -0.15) is 5.10 Å². The molecule has 2 aromatic rings. The first kappa shape index (κ1) is 18.8. The minimum absolute atomic E-state index is 0.00409. The number of amides is 2. The van der Waals surface area contributed by atoms with Gasteiger partial charge in [-0.1, -0.05) is 6.07 Å². The third-order valence-electron chi connectivity index (χ3n) is 4.34. The second-order valence-electron chi connectivity index (χ2n) is 6.22. The van der Waals surface area contributed by atoms with Crippen molar-refractivity contribution in [3.63, 3.8) is 0 Å². The summed E-state index contributed by atoms with van der Waals surface area (Å²) in [4.78, 5) is 30.0. The van der Waals surface area contributed by atoms with Gasteiger partial charge in [0.1, 0.15) is 18.2 Å². The number of piperidine rings is 1. The van der Waals surface area contributed by atoms with Crippen molar-refractivity contribution >= 4 is 11.8 Å². The van der Waals surface area contributed by atoms with Crippen molar-refractivity contribution in [2.75, 3.05) is 33.4 Å². The maximum atomic E-state index is 12.3. The number of aromatic nitrogens is 3. The van der Waals surface area contributed by atoms with Crippen LogP contribution < -0.4 is 10.1 Å². The number of ether oxygens (including phenoxy) is 2. The molecule has 0 spiro atoms. The van der Waals surface area contributed by atoms with Crippen LogP contribution in [0.5, 0.6) is 5.75 Å². The number of nitrogens with zero attached hydrogens (tertiary/aromatic N) is 3. The molecule has 144 valence electrons. The molecule has 0 saturated carbocycles. The lowest BCUT2D eigenvalue weighted by Crippen LogP contribution is -2.42. The molecule has 2 N–H and O–H groups in total. The quantitative estimate of drug-likeness (QED) is 0.697. The Morgan fingerprint density at radius 2 is 2.15 bits per heavy atom. The molecule has 0 bridgehead atoms. The highest BCUT2D eigenvalue weighted by Crippen LogP contribution is 2.21. The maximum absolute atomic E-state index is 12.3. The monoisotopic (exact) mass is 373 g/mol. The normalized spacial score (nSPS) is 14.8. The van der Waals surface area contributed by atoms with Gasteiger partial charge < -0.3 is 19.7 Å². The molecular weight excluding hydrogens is 350 g/mol. The zero-order chi connectivity index (χ0) is 19.1. The van der Waals surface area contributed by atoms with Crippen LogP contribution in [-0.2, 0) is 4.74 Å². The molecule has 1 aliphatic heterocycles. The number of carbonyl (C=O) groups is 2. The van der Waals surface area contributed by atoms with Crippen LogP contribution in [0.3, 0.4) is 0 Å². The Labute approximate surface area is 157 Å². The number of hydrogen-bond acceptors (Lipinski definition) is 6. The molecule has 27 heavy (non-hydrogen) atoms. The summed E-state index contributed by atoms with van der Waals surface area (Å²) in [6.45, 7) is 2.09. The molecule has 1 aromatic carbocycles. The van der Waals surface area contributed by atoms with E-state index in [1.165, 1.54) is 6.33 Å². The van der Waals surface area contributed by atoms with Crippen LogP contribution in [0, 0.1) is 0 Å². The van der Waals surface area contributed by atoms with E-state index in [0.29, 0.717) is 50.4 Å². The lowest BCUT2D eigenvalue weighted by Gasteiger charge is -2.31. The van der Waals surface area contributed by atoms with Crippen LogP contribution in [0.15, 0.2) is 30.6 Å². The van der Waals surface area contributed by atoms with Gasteiger partial charge in [-0.3, -0.25) is 14.7 Å². The van der Waals surface area contributed by atoms with Crippen LogP contribution in [-0.4, -0.2) is 71.4 Å². The lowest BCUT2D eigenvalue weighted by atomic mass is 10.1. The first-order valence-corrected chi connectivity index (χ1v) is 8.86. The number of nitrogens with one attached hydrogen (secondary N) is 2. The number of H-pyrrole nitrogens is 1. The zero-order valence-electron chi connectivity index (χ0n) is 15.2. The molecule has 1 aromatic heterocycles. The second kappa shape index (κ2) is 9.13. The highest BCUT2D eigenvalue weighted by atomic mass is 16.5. The Hall–Kier alpha value is -2.94. The standard InChI is InChI=1S/C18H23N5O4/c1-26-10-7-19-17(24)13-3-2-4-15(11-13)27-14-5-8-23(9-6-14)18(25)16-20-12-21-22-16/h2-4,11-12,14H,5-10H2,1H3,(H,19,24)(H,20,21,22). The van der Waals surface area contributed by atoms with Gasteiger partial charge in [-0.15, -0.1) is 0 Å². The van der Waals surface area contributed by atoms with Crippen molar-refractivity contribution in [3.05, 3.63) is 42.0 Å². The number of methoxy groups -OCH3 is 1. The predicted molar refractivity (Wildman–Crippen MR) is 96.6 cm³/mol. The fourth-order valence-corrected chi connectivity index (χ4v) is 2.91. The van der Waals surface area contributed by atoms with Crippen LogP contribution >= 0.6 is 0 Å². The number of likely N-dealkylation sites (tertiary alicyclic amines) is 1. The van der Waals surface area contributed by atoms with E-state index < -0.39 is 0 Å². The van der Waals surface area contributed by atoms with Gasteiger partial charge in [-0.25, -0.2) is 4.98 Å². The van der Waals surface area contributed by atoms with E-state index in [1.54, 1.807) is 30.2 Å².